The minimum absolute atomic E-state index is 0.0217. The molecule has 0 saturated carbocycles. The Kier molecular flexibility index (Phi) is 36.2. The Hall–Kier alpha value is -2.03. The zero-order chi connectivity index (χ0) is 37.5. The Bertz CT molecular complexity index is 981. The fraction of sp³-hybridized carbons (Fsp3) is 0.756. The van der Waals surface area contributed by atoms with Crippen LogP contribution in [0.2, 0.25) is 0 Å². The molecule has 0 aliphatic rings. The van der Waals surface area contributed by atoms with Crippen molar-refractivity contribution in [2.75, 3.05) is 33.4 Å². The topological polar surface area (TPSA) is 120 Å². The molecule has 296 valence electrons. The molecule has 0 spiro atoms. The van der Waals surface area contributed by atoms with E-state index < -0.39 is 32.5 Å². The Labute approximate surface area is 311 Å². The van der Waals surface area contributed by atoms with Crippen LogP contribution >= 0.6 is 7.82 Å². The van der Waals surface area contributed by atoms with Gasteiger partial charge in [-0.05, 0) is 58.4 Å². The van der Waals surface area contributed by atoms with Crippen LogP contribution in [-0.2, 0) is 32.7 Å². The molecular formula is C41H74NO8P. The van der Waals surface area contributed by atoms with Gasteiger partial charge >= 0.3 is 19.8 Å². The first-order valence-electron chi connectivity index (χ1n) is 20.1. The van der Waals surface area contributed by atoms with E-state index in [1.165, 1.54) is 57.8 Å². The third-order valence-corrected chi connectivity index (χ3v) is 9.20. The maximum Gasteiger partial charge on any atom is 0.472 e. The summed E-state index contributed by atoms with van der Waals surface area (Å²) >= 11 is 0. The zero-order valence-corrected chi connectivity index (χ0v) is 33.4. The van der Waals surface area contributed by atoms with E-state index in [2.05, 4.69) is 67.8 Å². The van der Waals surface area contributed by atoms with Gasteiger partial charge in [0, 0.05) is 19.4 Å². The molecule has 10 heteroatoms. The number of likely N-dealkylation sites (N-methyl/N-ethyl adjacent to an activating group) is 1. The third-order valence-electron chi connectivity index (χ3n) is 8.21. The van der Waals surface area contributed by atoms with E-state index >= 15 is 0 Å². The van der Waals surface area contributed by atoms with Crippen LogP contribution in [0.5, 0.6) is 0 Å². The van der Waals surface area contributed by atoms with Crippen LogP contribution in [0.1, 0.15) is 162 Å². The highest BCUT2D eigenvalue weighted by Crippen LogP contribution is 2.43. The van der Waals surface area contributed by atoms with Gasteiger partial charge in [-0.1, -0.05) is 146 Å². The van der Waals surface area contributed by atoms with Crippen LogP contribution in [0.4, 0.5) is 0 Å². The van der Waals surface area contributed by atoms with E-state index in [0.29, 0.717) is 19.4 Å². The second kappa shape index (κ2) is 37.7. The van der Waals surface area contributed by atoms with E-state index in [1.807, 2.05) is 0 Å². The molecule has 0 bridgehead atoms. The van der Waals surface area contributed by atoms with E-state index in [1.54, 1.807) is 7.05 Å². The van der Waals surface area contributed by atoms with Gasteiger partial charge in [0.2, 0.25) is 0 Å². The summed E-state index contributed by atoms with van der Waals surface area (Å²) in [4.78, 5) is 34.9. The summed E-state index contributed by atoms with van der Waals surface area (Å²) in [6, 6.07) is 0. The number of allylic oxidation sites excluding steroid dienone is 8. The largest absolute Gasteiger partial charge is 0.472 e. The number of phosphoric acid groups is 1. The Morgan fingerprint density at radius 3 is 1.67 bits per heavy atom. The molecule has 0 fully saturated rings. The Morgan fingerprint density at radius 1 is 0.627 bits per heavy atom. The lowest BCUT2D eigenvalue weighted by atomic mass is 10.0. The molecule has 0 amide bonds. The molecule has 0 saturated heterocycles. The molecule has 9 nitrogen and oxygen atoms in total. The monoisotopic (exact) mass is 740 g/mol. The molecule has 0 aliphatic heterocycles. The highest BCUT2D eigenvalue weighted by molar-refractivity contribution is 7.47. The van der Waals surface area contributed by atoms with Crippen LogP contribution in [0.25, 0.3) is 0 Å². The number of carbonyl (C=O) groups excluding carboxylic acids is 2. The van der Waals surface area contributed by atoms with Gasteiger partial charge in [0.25, 0.3) is 0 Å². The van der Waals surface area contributed by atoms with Crippen molar-refractivity contribution >= 4 is 19.8 Å². The van der Waals surface area contributed by atoms with Gasteiger partial charge < -0.3 is 19.7 Å². The average molecular weight is 740 g/mol. The number of rotatable bonds is 37. The van der Waals surface area contributed by atoms with Gasteiger partial charge in [-0.2, -0.15) is 0 Å². The fourth-order valence-electron chi connectivity index (χ4n) is 5.19. The maximum atomic E-state index is 12.6. The first-order valence-corrected chi connectivity index (χ1v) is 21.6. The first-order chi connectivity index (χ1) is 24.8. The van der Waals surface area contributed by atoms with Gasteiger partial charge in [0.05, 0.1) is 13.2 Å². The Morgan fingerprint density at radius 2 is 1.12 bits per heavy atom. The summed E-state index contributed by atoms with van der Waals surface area (Å²) in [5, 5.41) is 2.82. The van der Waals surface area contributed by atoms with Crippen molar-refractivity contribution in [3.05, 3.63) is 48.6 Å². The Balaban J connectivity index is 4.30. The summed E-state index contributed by atoms with van der Waals surface area (Å²) in [7, 11) is -2.65. The van der Waals surface area contributed by atoms with Crippen molar-refractivity contribution in [3.63, 3.8) is 0 Å². The lowest BCUT2D eigenvalue weighted by Crippen LogP contribution is -2.29. The number of hydrogen-bond acceptors (Lipinski definition) is 8. The molecular weight excluding hydrogens is 665 g/mol. The van der Waals surface area contributed by atoms with Crippen LogP contribution in [0.3, 0.4) is 0 Å². The highest BCUT2D eigenvalue weighted by atomic mass is 31.2. The molecule has 2 N–H and O–H groups in total. The molecule has 0 rings (SSSR count). The standard InChI is InChI=1S/C41H74NO8P/c1-4-6-8-10-12-14-16-18-19-20-21-22-24-25-27-29-31-33-40(43)47-37-39(38-49-51(45,46)48-36-35-42-3)50-41(44)34-32-30-28-26-23-17-15-13-11-9-7-5-2/h6,8,12,14,18-19,21-22,39,42H,4-5,7,9-11,13,15-17,20,23-38H2,1-3H3,(H,45,46)/b8-6-,14-12-,19-18-,22-21-. The first kappa shape index (κ1) is 49.0. The molecule has 0 aromatic heterocycles. The second-order valence-corrected chi connectivity index (χ2v) is 14.5. The van der Waals surface area contributed by atoms with Crippen LogP contribution in [-0.4, -0.2) is 56.3 Å². The fourth-order valence-corrected chi connectivity index (χ4v) is 5.94. The van der Waals surface area contributed by atoms with E-state index in [-0.39, 0.29) is 26.1 Å². The molecule has 0 aliphatic carbocycles. The number of hydrogen-bond donors (Lipinski definition) is 2. The van der Waals surface area contributed by atoms with Gasteiger partial charge in [-0.15, -0.1) is 0 Å². The molecule has 2 atom stereocenters. The number of phosphoric ester groups is 1. The minimum Gasteiger partial charge on any atom is -0.462 e. The average Bonchev–Trinajstić information content (AvgIpc) is 3.11. The highest BCUT2D eigenvalue weighted by Gasteiger charge is 2.26. The van der Waals surface area contributed by atoms with E-state index in [4.69, 9.17) is 18.5 Å². The SMILES string of the molecule is CC/C=C\C/C=C\C/C=C\C/C=C\CCCCCCC(=O)OCC(COP(=O)(O)OCCNC)OC(=O)CCCCCCCCCCCCCC. The van der Waals surface area contributed by atoms with Crippen LogP contribution in [0.15, 0.2) is 48.6 Å². The molecule has 51 heavy (non-hydrogen) atoms. The predicted octanol–water partition coefficient (Wildman–Crippen LogP) is 11.0. The van der Waals surface area contributed by atoms with E-state index in [0.717, 1.165) is 64.2 Å². The number of esters is 2. The minimum atomic E-state index is -4.35. The summed E-state index contributed by atoms with van der Waals surface area (Å²) in [5.41, 5.74) is 0. The van der Waals surface area contributed by atoms with E-state index in [9.17, 15) is 19.0 Å². The number of ether oxygens (including phenoxy) is 2. The smallest absolute Gasteiger partial charge is 0.462 e. The zero-order valence-electron chi connectivity index (χ0n) is 32.5. The van der Waals surface area contributed by atoms with Crippen molar-refractivity contribution in [2.45, 2.75) is 168 Å². The molecule has 0 heterocycles. The summed E-state index contributed by atoms with van der Waals surface area (Å²) in [6.45, 7) is 4.07. The third kappa shape index (κ3) is 37.5. The molecule has 0 radical (unpaired) electrons. The van der Waals surface area contributed by atoms with Crippen LogP contribution in [0, 0.1) is 0 Å². The lowest BCUT2D eigenvalue weighted by molar-refractivity contribution is -0.161. The number of nitrogens with one attached hydrogen (secondary N) is 1. The maximum absolute atomic E-state index is 12.6. The number of unbranched alkanes of at least 4 members (excludes halogenated alkanes) is 15. The van der Waals surface area contributed by atoms with Gasteiger partial charge in [-0.3, -0.25) is 18.6 Å². The molecule has 0 aromatic carbocycles. The molecule has 0 aromatic rings. The van der Waals surface area contributed by atoms with Crippen molar-refractivity contribution < 1.29 is 37.6 Å². The summed E-state index contributed by atoms with van der Waals surface area (Å²) < 4.78 is 33.1. The summed E-state index contributed by atoms with van der Waals surface area (Å²) in [6.07, 6.45) is 40.1. The quantitative estimate of drug-likeness (QED) is 0.0277. The van der Waals surface area contributed by atoms with Crippen molar-refractivity contribution in [3.8, 4) is 0 Å². The van der Waals surface area contributed by atoms with Crippen molar-refractivity contribution in [1.29, 1.82) is 0 Å². The van der Waals surface area contributed by atoms with Gasteiger partial charge in [0.1, 0.15) is 6.61 Å². The predicted molar refractivity (Wildman–Crippen MR) is 211 cm³/mol. The normalized spacial score (nSPS) is 13.9. The van der Waals surface area contributed by atoms with Crippen molar-refractivity contribution in [2.24, 2.45) is 0 Å². The van der Waals surface area contributed by atoms with Crippen molar-refractivity contribution in [1.82, 2.24) is 5.32 Å². The lowest BCUT2D eigenvalue weighted by Gasteiger charge is -2.20. The van der Waals surface area contributed by atoms with Gasteiger partial charge in [0.15, 0.2) is 6.10 Å². The molecule has 2 unspecified atom stereocenters. The second-order valence-electron chi connectivity index (χ2n) is 13.1. The van der Waals surface area contributed by atoms with Crippen LogP contribution < -0.4 is 5.32 Å². The summed E-state index contributed by atoms with van der Waals surface area (Å²) in [5.74, 6) is -0.836. The van der Waals surface area contributed by atoms with Gasteiger partial charge in [-0.25, -0.2) is 4.57 Å². The number of carbonyl (C=O) groups is 2.